The number of rotatable bonds is 6. The molecule has 0 fully saturated rings. The number of anilines is 3. The van der Waals surface area contributed by atoms with Crippen LogP contribution in [0.5, 0.6) is 5.75 Å². The van der Waals surface area contributed by atoms with Crippen LogP contribution in [-0.2, 0) is 6.54 Å². The van der Waals surface area contributed by atoms with E-state index in [0.717, 1.165) is 11.3 Å². The predicted molar refractivity (Wildman–Crippen MR) is 99.9 cm³/mol. The molecule has 0 saturated carbocycles. The predicted octanol–water partition coefficient (Wildman–Crippen LogP) is 4.54. The topological polar surface area (TPSA) is 72.0 Å². The van der Waals surface area contributed by atoms with E-state index < -0.39 is 0 Å². The first-order valence-corrected chi connectivity index (χ1v) is 8.17. The third kappa shape index (κ3) is 4.95. The number of hydrogen-bond acceptors (Lipinski definition) is 6. The number of benzene rings is 2. The van der Waals surface area contributed by atoms with Crippen LogP contribution < -0.4 is 15.4 Å². The second-order valence-corrected chi connectivity index (χ2v) is 6.02. The van der Waals surface area contributed by atoms with Crippen LogP contribution in [0.15, 0.2) is 48.7 Å². The zero-order valence-electron chi connectivity index (χ0n) is 13.3. The molecule has 0 spiro atoms. The lowest BCUT2D eigenvalue weighted by molar-refractivity contribution is 0.414. The van der Waals surface area contributed by atoms with Gasteiger partial charge in [-0.15, -0.1) is 5.10 Å². The molecule has 2 N–H and O–H groups in total. The van der Waals surface area contributed by atoms with Gasteiger partial charge in [0.2, 0.25) is 5.95 Å². The molecular weight excluding hydrogens is 361 g/mol. The van der Waals surface area contributed by atoms with E-state index in [1.165, 1.54) is 0 Å². The highest BCUT2D eigenvalue weighted by molar-refractivity contribution is 6.35. The lowest BCUT2D eigenvalue weighted by Crippen LogP contribution is -2.05. The first-order chi connectivity index (χ1) is 12.1. The molecule has 3 rings (SSSR count). The molecule has 1 aromatic heterocycles. The first-order valence-electron chi connectivity index (χ1n) is 7.42. The van der Waals surface area contributed by atoms with Gasteiger partial charge in [-0.05, 0) is 35.9 Å². The maximum Gasteiger partial charge on any atom is 0.249 e. The summed E-state index contributed by atoms with van der Waals surface area (Å²) in [6, 6.07) is 12.9. The summed E-state index contributed by atoms with van der Waals surface area (Å²) < 4.78 is 5.14. The van der Waals surface area contributed by atoms with Gasteiger partial charge in [-0.1, -0.05) is 35.3 Å². The number of halogens is 2. The van der Waals surface area contributed by atoms with Crippen molar-refractivity contribution in [2.24, 2.45) is 0 Å². The van der Waals surface area contributed by atoms with E-state index in [9.17, 15) is 0 Å². The number of nitrogens with one attached hydrogen (secondary N) is 2. The van der Waals surface area contributed by atoms with Crippen molar-refractivity contribution in [3.8, 4) is 5.75 Å². The summed E-state index contributed by atoms with van der Waals surface area (Å²) in [4.78, 5) is 4.37. The van der Waals surface area contributed by atoms with Crippen molar-refractivity contribution in [3.63, 3.8) is 0 Å². The molecular formula is C17H15Cl2N5O. The Bertz CT molecular complexity index is 838. The highest BCUT2D eigenvalue weighted by atomic mass is 35.5. The van der Waals surface area contributed by atoms with Gasteiger partial charge >= 0.3 is 0 Å². The monoisotopic (exact) mass is 375 g/mol. The second kappa shape index (κ2) is 8.00. The van der Waals surface area contributed by atoms with Gasteiger partial charge in [0.1, 0.15) is 5.75 Å². The fraction of sp³-hybridized carbons (Fsp3) is 0.118. The zero-order chi connectivity index (χ0) is 17.6. The van der Waals surface area contributed by atoms with Crippen LogP contribution in [0.2, 0.25) is 10.0 Å². The minimum absolute atomic E-state index is 0.345. The van der Waals surface area contributed by atoms with Gasteiger partial charge in [0.15, 0.2) is 5.82 Å². The molecule has 0 unspecified atom stereocenters. The van der Waals surface area contributed by atoms with Crippen molar-refractivity contribution in [1.82, 2.24) is 15.2 Å². The van der Waals surface area contributed by atoms with E-state index in [1.54, 1.807) is 31.5 Å². The van der Waals surface area contributed by atoms with Crippen LogP contribution in [0, 0.1) is 0 Å². The Morgan fingerprint density at radius 1 is 1.04 bits per heavy atom. The molecule has 25 heavy (non-hydrogen) atoms. The van der Waals surface area contributed by atoms with Crippen molar-refractivity contribution in [3.05, 3.63) is 64.3 Å². The van der Waals surface area contributed by atoms with E-state index in [0.29, 0.717) is 34.0 Å². The van der Waals surface area contributed by atoms with Gasteiger partial charge in [0, 0.05) is 22.3 Å². The van der Waals surface area contributed by atoms with Crippen molar-refractivity contribution in [1.29, 1.82) is 0 Å². The summed E-state index contributed by atoms with van der Waals surface area (Å²) >= 11 is 12.0. The largest absolute Gasteiger partial charge is 0.497 e. The van der Waals surface area contributed by atoms with Crippen LogP contribution in [0.25, 0.3) is 0 Å². The Kier molecular flexibility index (Phi) is 5.53. The van der Waals surface area contributed by atoms with E-state index in [2.05, 4.69) is 25.8 Å². The molecule has 0 aliphatic carbocycles. The third-order valence-electron chi connectivity index (χ3n) is 3.31. The fourth-order valence-electron chi connectivity index (χ4n) is 2.13. The van der Waals surface area contributed by atoms with E-state index in [-0.39, 0.29) is 0 Å². The maximum atomic E-state index is 5.98. The molecule has 128 valence electrons. The van der Waals surface area contributed by atoms with Gasteiger partial charge in [-0.25, -0.2) is 0 Å². The smallest absolute Gasteiger partial charge is 0.249 e. The minimum atomic E-state index is 0.345. The molecule has 8 heteroatoms. The summed E-state index contributed by atoms with van der Waals surface area (Å²) in [6.07, 6.45) is 1.56. The minimum Gasteiger partial charge on any atom is -0.497 e. The standard InChI is InChI=1S/C17H15Cl2N5O/c1-25-15-4-2-11(3-5-15)9-20-16-10-21-24-17(23-16)22-14-7-12(18)6-13(19)8-14/h2-8,10H,9H2,1H3,(H2,20,22,23,24). The normalized spacial score (nSPS) is 10.4. The number of ether oxygens (including phenoxy) is 1. The third-order valence-corrected chi connectivity index (χ3v) is 3.75. The highest BCUT2D eigenvalue weighted by Gasteiger charge is 2.04. The van der Waals surface area contributed by atoms with E-state index in [1.807, 2.05) is 24.3 Å². The number of methoxy groups -OCH3 is 1. The summed E-state index contributed by atoms with van der Waals surface area (Å²) in [5, 5.41) is 15.2. The van der Waals surface area contributed by atoms with Gasteiger partial charge in [-0.3, -0.25) is 0 Å². The first kappa shape index (κ1) is 17.3. The van der Waals surface area contributed by atoms with Gasteiger partial charge in [0.25, 0.3) is 0 Å². The summed E-state index contributed by atoms with van der Waals surface area (Å²) in [7, 11) is 1.64. The van der Waals surface area contributed by atoms with Crippen LogP contribution in [0.3, 0.4) is 0 Å². The zero-order valence-corrected chi connectivity index (χ0v) is 14.8. The molecule has 0 aliphatic rings. The number of nitrogens with zero attached hydrogens (tertiary/aromatic N) is 3. The van der Waals surface area contributed by atoms with Crippen molar-refractivity contribution >= 4 is 40.7 Å². The SMILES string of the molecule is COc1ccc(CNc2cnnc(Nc3cc(Cl)cc(Cl)c3)n2)cc1. The van der Waals surface area contributed by atoms with Gasteiger partial charge in [0.05, 0.1) is 13.3 Å². The number of hydrogen-bond donors (Lipinski definition) is 2. The van der Waals surface area contributed by atoms with Crippen LogP contribution >= 0.6 is 23.2 Å². The fourth-order valence-corrected chi connectivity index (χ4v) is 2.66. The van der Waals surface area contributed by atoms with Crippen molar-refractivity contribution < 1.29 is 4.74 Å². The molecule has 0 atom stereocenters. The van der Waals surface area contributed by atoms with Crippen LogP contribution in [0.4, 0.5) is 17.5 Å². The average Bonchev–Trinajstić information content (AvgIpc) is 2.60. The molecule has 6 nitrogen and oxygen atoms in total. The molecule has 3 aromatic rings. The number of aromatic nitrogens is 3. The molecule has 0 bridgehead atoms. The quantitative estimate of drug-likeness (QED) is 0.658. The molecule has 0 aliphatic heterocycles. The Morgan fingerprint density at radius 2 is 1.76 bits per heavy atom. The molecule has 0 radical (unpaired) electrons. The van der Waals surface area contributed by atoms with Crippen LogP contribution in [0.1, 0.15) is 5.56 Å². The summed E-state index contributed by atoms with van der Waals surface area (Å²) in [6.45, 7) is 0.602. The van der Waals surface area contributed by atoms with E-state index >= 15 is 0 Å². The Hall–Kier alpha value is -2.57. The van der Waals surface area contributed by atoms with E-state index in [4.69, 9.17) is 27.9 Å². The highest BCUT2D eigenvalue weighted by Crippen LogP contribution is 2.24. The second-order valence-electron chi connectivity index (χ2n) is 5.15. The summed E-state index contributed by atoms with van der Waals surface area (Å²) in [5.74, 6) is 1.76. The Morgan fingerprint density at radius 3 is 2.44 bits per heavy atom. The lowest BCUT2D eigenvalue weighted by atomic mass is 10.2. The van der Waals surface area contributed by atoms with Crippen LogP contribution in [-0.4, -0.2) is 22.3 Å². The summed E-state index contributed by atoms with van der Waals surface area (Å²) in [5.41, 5.74) is 1.78. The van der Waals surface area contributed by atoms with Gasteiger partial charge in [-0.2, -0.15) is 10.1 Å². The molecule has 0 saturated heterocycles. The maximum absolute atomic E-state index is 5.98. The Labute approximate surface area is 155 Å². The molecule has 1 heterocycles. The average molecular weight is 376 g/mol. The van der Waals surface area contributed by atoms with Crippen molar-refractivity contribution in [2.75, 3.05) is 17.7 Å². The Balaban J connectivity index is 1.66. The molecule has 0 amide bonds. The van der Waals surface area contributed by atoms with Gasteiger partial charge < -0.3 is 15.4 Å². The van der Waals surface area contributed by atoms with Crippen molar-refractivity contribution in [2.45, 2.75) is 6.54 Å². The lowest BCUT2D eigenvalue weighted by Gasteiger charge is -2.09. The molecule has 2 aromatic carbocycles.